The molecule has 5 saturated carbocycles. The molecule has 0 spiro atoms. The number of allylic oxidation sites excluding steroid dienone is 1. The molecule has 0 bridgehead atoms. The molecular formula is C39H63NO10. The molecule has 11 nitrogen and oxygen atoms in total. The highest BCUT2D eigenvalue weighted by atomic mass is 16.7. The number of esters is 1. The zero-order valence-electron chi connectivity index (χ0n) is 31.3. The summed E-state index contributed by atoms with van der Waals surface area (Å²) in [6.07, 6.45) is 1.79. The summed E-state index contributed by atoms with van der Waals surface area (Å²) in [7, 11) is 1.32. The first-order chi connectivity index (χ1) is 23.3. The molecule has 0 aromatic heterocycles. The summed E-state index contributed by atoms with van der Waals surface area (Å²) in [6, 6.07) is 0. The van der Waals surface area contributed by atoms with E-state index in [-0.39, 0.29) is 46.1 Å². The maximum absolute atomic E-state index is 13.5. The molecule has 1 saturated heterocycles. The van der Waals surface area contributed by atoms with E-state index in [0.717, 1.165) is 68.4 Å². The third kappa shape index (κ3) is 5.37. The van der Waals surface area contributed by atoms with Crippen LogP contribution in [-0.2, 0) is 23.9 Å². The van der Waals surface area contributed by atoms with Crippen LogP contribution in [0.3, 0.4) is 0 Å². The molecule has 284 valence electrons. The molecule has 1 heterocycles. The van der Waals surface area contributed by atoms with Gasteiger partial charge in [-0.1, -0.05) is 46.8 Å². The number of carboxylic acids is 1. The fourth-order valence-corrected chi connectivity index (χ4v) is 13.6. The fraction of sp³-hybridized carbons (Fsp3) is 0.897. The lowest BCUT2D eigenvalue weighted by atomic mass is 9.32. The van der Waals surface area contributed by atoms with E-state index in [1.54, 1.807) is 0 Å². The average Bonchev–Trinajstić information content (AvgIpc) is 3.46. The molecule has 1 aliphatic heterocycles. The van der Waals surface area contributed by atoms with Crippen molar-refractivity contribution in [3.8, 4) is 0 Å². The van der Waals surface area contributed by atoms with Crippen LogP contribution in [0.15, 0.2) is 12.2 Å². The second kappa shape index (κ2) is 13.1. The van der Waals surface area contributed by atoms with Crippen LogP contribution in [0, 0.1) is 56.7 Å². The van der Waals surface area contributed by atoms with Crippen LogP contribution in [0.25, 0.3) is 0 Å². The summed E-state index contributed by atoms with van der Waals surface area (Å²) in [6.45, 7) is 17.5. The molecule has 5 aliphatic carbocycles. The van der Waals surface area contributed by atoms with Gasteiger partial charge in [0.15, 0.2) is 6.23 Å². The van der Waals surface area contributed by atoms with Crippen LogP contribution in [0.2, 0.25) is 0 Å². The maximum atomic E-state index is 13.5. The Hall–Kier alpha value is -1.60. The second-order valence-corrected chi connectivity index (χ2v) is 18.5. The monoisotopic (exact) mass is 705 g/mol. The first-order valence-corrected chi connectivity index (χ1v) is 19.0. The Bertz CT molecular complexity index is 1340. The number of rotatable bonds is 8. The summed E-state index contributed by atoms with van der Waals surface area (Å²) in [5, 5.41) is 52.4. The molecule has 5 N–H and O–H groups in total. The molecule has 6 rings (SSSR count). The van der Waals surface area contributed by atoms with E-state index < -0.39 is 54.6 Å². The van der Waals surface area contributed by atoms with Crippen LogP contribution >= 0.6 is 0 Å². The number of carbonyl (C=O) groups excluding carboxylic acids is 1. The van der Waals surface area contributed by atoms with E-state index in [0.29, 0.717) is 24.2 Å². The van der Waals surface area contributed by atoms with Crippen molar-refractivity contribution in [1.82, 2.24) is 5.06 Å². The molecule has 0 radical (unpaired) electrons. The molecule has 6 aliphatic rings. The van der Waals surface area contributed by atoms with Crippen molar-refractivity contribution in [2.75, 3.05) is 20.3 Å². The Labute approximate surface area is 297 Å². The molecule has 4 unspecified atom stereocenters. The topological polar surface area (TPSA) is 166 Å². The van der Waals surface area contributed by atoms with Crippen LogP contribution < -0.4 is 0 Å². The highest BCUT2D eigenvalue weighted by molar-refractivity contribution is 5.76. The van der Waals surface area contributed by atoms with Gasteiger partial charge in [0.1, 0.15) is 37.1 Å². The predicted molar refractivity (Wildman–Crippen MR) is 184 cm³/mol. The van der Waals surface area contributed by atoms with Gasteiger partial charge in [0.05, 0.1) is 19.1 Å². The number of hydrogen-bond donors (Lipinski definition) is 5. The molecule has 6 fully saturated rings. The Balaban J connectivity index is 1.19. The van der Waals surface area contributed by atoms with Gasteiger partial charge in [0.2, 0.25) is 0 Å². The average molecular weight is 706 g/mol. The van der Waals surface area contributed by atoms with Gasteiger partial charge in [-0.15, -0.1) is 5.06 Å². The molecule has 0 amide bonds. The van der Waals surface area contributed by atoms with E-state index >= 15 is 0 Å². The zero-order valence-corrected chi connectivity index (χ0v) is 31.3. The van der Waals surface area contributed by atoms with Crippen LogP contribution in [0.5, 0.6) is 0 Å². The summed E-state index contributed by atoms with van der Waals surface area (Å²) in [5.74, 6) is 0.404. The minimum Gasteiger partial charge on any atom is -0.481 e. The van der Waals surface area contributed by atoms with Crippen LogP contribution in [0.4, 0.5) is 0 Å². The normalized spacial score (nSPS) is 49.6. The van der Waals surface area contributed by atoms with Crippen molar-refractivity contribution in [3.63, 3.8) is 0 Å². The van der Waals surface area contributed by atoms with E-state index in [1.165, 1.54) is 7.11 Å². The predicted octanol–water partition coefficient (Wildman–Crippen LogP) is 4.30. The molecular weight excluding hydrogens is 642 g/mol. The highest BCUT2D eigenvalue weighted by Gasteiger charge is 2.72. The van der Waals surface area contributed by atoms with Crippen molar-refractivity contribution in [1.29, 1.82) is 0 Å². The largest absolute Gasteiger partial charge is 0.481 e. The van der Waals surface area contributed by atoms with Gasteiger partial charge in [-0.3, -0.25) is 14.4 Å². The van der Waals surface area contributed by atoms with E-state index in [2.05, 4.69) is 48.1 Å². The van der Waals surface area contributed by atoms with Gasteiger partial charge >= 0.3 is 11.9 Å². The first kappa shape index (κ1) is 38.1. The van der Waals surface area contributed by atoms with Gasteiger partial charge in [-0.25, -0.2) is 0 Å². The quantitative estimate of drug-likeness (QED) is 0.139. The number of aliphatic hydroxyl groups is 4. The lowest BCUT2D eigenvalue weighted by Gasteiger charge is -2.72. The number of hydrogen-bond acceptors (Lipinski definition) is 10. The number of carbonyl (C=O) groups is 2. The van der Waals surface area contributed by atoms with Crippen molar-refractivity contribution in [2.24, 2.45) is 56.7 Å². The van der Waals surface area contributed by atoms with Gasteiger partial charge in [-0.05, 0) is 117 Å². The Morgan fingerprint density at radius 1 is 0.860 bits per heavy atom. The number of aliphatic carboxylic acids is 1. The highest BCUT2D eigenvalue weighted by Crippen LogP contribution is 2.77. The van der Waals surface area contributed by atoms with Gasteiger partial charge in [0, 0.05) is 5.41 Å². The molecule has 50 heavy (non-hydrogen) atoms. The summed E-state index contributed by atoms with van der Waals surface area (Å²) in [5.41, 5.74) is 0.327. The minimum absolute atomic E-state index is 0.0348. The van der Waals surface area contributed by atoms with Gasteiger partial charge in [0.25, 0.3) is 0 Å². The number of aliphatic hydroxyl groups excluding tert-OH is 4. The Morgan fingerprint density at radius 3 is 2.18 bits per heavy atom. The third-order valence-corrected chi connectivity index (χ3v) is 16.4. The van der Waals surface area contributed by atoms with E-state index in [1.807, 2.05) is 0 Å². The first-order valence-electron chi connectivity index (χ1n) is 19.0. The third-order valence-electron chi connectivity index (χ3n) is 16.4. The number of hydroxylamine groups is 2. The van der Waals surface area contributed by atoms with Crippen LogP contribution in [-0.4, -0.2) is 99.5 Å². The van der Waals surface area contributed by atoms with Crippen molar-refractivity contribution < 1.29 is 49.4 Å². The standard InChI is InChI=1S/C39H63NO10/c1-21(2)22-11-16-39(34(46)47)18-17-37(6)23(29(22)39)9-10-26-36(5)14-13-27(35(3,4)25(36)12-15-38(26,37)7)50-28(42)19-40(48-8)33-32(45)31(44)30(43)24(20-41)49-33/h22-27,29-33,41,43-45H,1,9-20H2,2-8H3,(H,46,47)/t22-,23?,24+,25?,26?,27-,29?,30+,31+,32-,33+,36-,37+,38+,39-/m0/s1. The Morgan fingerprint density at radius 2 is 1.56 bits per heavy atom. The summed E-state index contributed by atoms with van der Waals surface area (Å²) in [4.78, 5) is 31.8. The molecule has 0 aromatic carbocycles. The SMILES string of the molecule is C=C(C)[C@@H]1CC[C@]2(C(=O)O)CC[C@]3(C)C(CCC4[C@@]5(C)CC[C@H](OC(=O)CN(OC)[C@@H]6O[C@H](CO)[C@@H](O)[C@@H](O)[C@@H]6O)C(C)(C)C5CC[C@]43C)C12. The van der Waals surface area contributed by atoms with Gasteiger partial charge < -0.3 is 35.0 Å². The van der Waals surface area contributed by atoms with Crippen molar-refractivity contribution in [2.45, 2.75) is 142 Å². The fourth-order valence-electron chi connectivity index (χ4n) is 13.6. The lowest BCUT2D eigenvalue weighted by molar-refractivity contribution is -0.327. The summed E-state index contributed by atoms with van der Waals surface area (Å²) >= 11 is 0. The number of fused-ring (bicyclic) bond motifs is 7. The Kier molecular flexibility index (Phi) is 9.96. The molecule has 0 aromatic rings. The smallest absolute Gasteiger partial charge is 0.323 e. The second-order valence-electron chi connectivity index (χ2n) is 18.5. The molecule has 11 heteroatoms. The number of carboxylic acid groups (broad SMARTS) is 1. The van der Waals surface area contributed by atoms with Crippen molar-refractivity contribution >= 4 is 11.9 Å². The number of nitrogens with zero attached hydrogens (tertiary/aromatic N) is 1. The van der Waals surface area contributed by atoms with Crippen molar-refractivity contribution in [3.05, 3.63) is 12.2 Å². The van der Waals surface area contributed by atoms with E-state index in [4.69, 9.17) is 14.3 Å². The van der Waals surface area contributed by atoms with Gasteiger partial charge in [-0.2, -0.15) is 0 Å². The minimum atomic E-state index is -1.59. The van der Waals surface area contributed by atoms with E-state index in [9.17, 15) is 35.1 Å². The number of ether oxygens (including phenoxy) is 2. The zero-order chi connectivity index (χ0) is 36.8. The maximum Gasteiger partial charge on any atom is 0.323 e. The summed E-state index contributed by atoms with van der Waals surface area (Å²) < 4.78 is 11.8. The van der Waals surface area contributed by atoms with Crippen LogP contribution in [0.1, 0.15) is 106 Å². The molecule has 15 atom stereocenters. The lowest BCUT2D eigenvalue weighted by Crippen LogP contribution is -2.67.